The van der Waals surface area contributed by atoms with E-state index in [1.54, 1.807) is 7.11 Å². The zero-order valence-electron chi connectivity index (χ0n) is 10.7. The normalized spacial score (nSPS) is 18.0. The standard InChI is InChI=1S/C14H20BrNO/c1-9(2)10-7-11(14(16)5-4-6-14)13(15)12(8-10)17-3/h7-9H,4-6,16H2,1-3H3. The molecule has 0 aliphatic heterocycles. The van der Waals surface area contributed by atoms with Crippen molar-refractivity contribution in [1.82, 2.24) is 0 Å². The molecule has 0 spiro atoms. The van der Waals surface area contributed by atoms with Gasteiger partial charge in [0.1, 0.15) is 5.75 Å². The largest absolute Gasteiger partial charge is 0.496 e. The molecule has 1 aromatic carbocycles. The molecule has 0 unspecified atom stereocenters. The number of hydrogen-bond donors (Lipinski definition) is 1. The van der Waals surface area contributed by atoms with Gasteiger partial charge in [0.05, 0.1) is 11.6 Å². The third-order valence-electron chi connectivity index (χ3n) is 3.73. The number of nitrogens with two attached hydrogens (primary N) is 1. The van der Waals surface area contributed by atoms with Gasteiger partial charge in [-0.15, -0.1) is 0 Å². The van der Waals surface area contributed by atoms with Crippen molar-refractivity contribution in [2.24, 2.45) is 5.73 Å². The van der Waals surface area contributed by atoms with Crippen LogP contribution in [0.5, 0.6) is 5.75 Å². The van der Waals surface area contributed by atoms with Crippen molar-refractivity contribution in [1.29, 1.82) is 0 Å². The summed E-state index contributed by atoms with van der Waals surface area (Å²) in [4.78, 5) is 0. The maximum atomic E-state index is 6.43. The van der Waals surface area contributed by atoms with Gasteiger partial charge in [-0.1, -0.05) is 19.9 Å². The molecular weight excluding hydrogens is 278 g/mol. The van der Waals surface area contributed by atoms with Gasteiger partial charge in [-0.2, -0.15) is 0 Å². The van der Waals surface area contributed by atoms with E-state index < -0.39 is 0 Å². The first-order valence-corrected chi connectivity index (χ1v) is 6.94. The first-order chi connectivity index (χ1) is 7.98. The molecule has 1 aromatic rings. The van der Waals surface area contributed by atoms with E-state index in [0.717, 1.165) is 23.1 Å². The highest BCUT2D eigenvalue weighted by molar-refractivity contribution is 9.10. The van der Waals surface area contributed by atoms with Gasteiger partial charge in [-0.05, 0) is 58.3 Å². The van der Waals surface area contributed by atoms with Crippen molar-refractivity contribution in [2.75, 3.05) is 7.11 Å². The van der Waals surface area contributed by atoms with Crippen LogP contribution in [0.15, 0.2) is 16.6 Å². The van der Waals surface area contributed by atoms with E-state index >= 15 is 0 Å². The molecule has 1 saturated carbocycles. The summed E-state index contributed by atoms with van der Waals surface area (Å²) in [6, 6.07) is 4.33. The van der Waals surface area contributed by atoms with E-state index in [1.807, 2.05) is 0 Å². The third kappa shape index (κ3) is 2.23. The molecule has 0 bridgehead atoms. The maximum absolute atomic E-state index is 6.43. The molecule has 0 aromatic heterocycles. The fraction of sp³-hybridized carbons (Fsp3) is 0.571. The summed E-state index contributed by atoms with van der Waals surface area (Å²) in [6.07, 6.45) is 3.35. The zero-order chi connectivity index (χ0) is 12.6. The summed E-state index contributed by atoms with van der Waals surface area (Å²) >= 11 is 3.63. The molecule has 3 heteroatoms. The average molecular weight is 298 g/mol. The lowest BCUT2D eigenvalue weighted by Gasteiger charge is -2.40. The summed E-state index contributed by atoms with van der Waals surface area (Å²) in [6.45, 7) is 4.38. The molecule has 1 aliphatic carbocycles. The van der Waals surface area contributed by atoms with E-state index in [1.165, 1.54) is 17.5 Å². The predicted molar refractivity (Wildman–Crippen MR) is 74.5 cm³/mol. The SMILES string of the molecule is COc1cc(C(C)C)cc(C2(N)CCC2)c1Br. The van der Waals surface area contributed by atoms with Crippen LogP contribution in [-0.4, -0.2) is 7.11 Å². The molecule has 2 N–H and O–H groups in total. The fourth-order valence-electron chi connectivity index (χ4n) is 2.29. The van der Waals surface area contributed by atoms with Gasteiger partial charge in [-0.3, -0.25) is 0 Å². The molecule has 17 heavy (non-hydrogen) atoms. The van der Waals surface area contributed by atoms with Crippen LogP contribution in [-0.2, 0) is 5.54 Å². The number of ether oxygens (including phenoxy) is 1. The summed E-state index contributed by atoms with van der Waals surface area (Å²) < 4.78 is 6.46. The topological polar surface area (TPSA) is 35.2 Å². The lowest BCUT2D eigenvalue weighted by molar-refractivity contribution is 0.251. The van der Waals surface area contributed by atoms with Crippen molar-refractivity contribution in [3.63, 3.8) is 0 Å². The van der Waals surface area contributed by atoms with Crippen LogP contribution in [0.1, 0.15) is 50.2 Å². The molecule has 2 rings (SSSR count). The van der Waals surface area contributed by atoms with Crippen LogP contribution < -0.4 is 10.5 Å². The van der Waals surface area contributed by atoms with Crippen molar-refractivity contribution in [2.45, 2.75) is 44.6 Å². The van der Waals surface area contributed by atoms with Crippen LogP contribution in [0.3, 0.4) is 0 Å². The lowest BCUT2D eigenvalue weighted by atomic mass is 9.72. The Labute approximate surface area is 112 Å². The van der Waals surface area contributed by atoms with Crippen molar-refractivity contribution < 1.29 is 4.74 Å². The molecule has 0 heterocycles. The Morgan fingerprint density at radius 2 is 2.00 bits per heavy atom. The Kier molecular flexibility index (Phi) is 3.50. The van der Waals surface area contributed by atoms with Crippen LogP contribution in [0.2, 0.25) is 0 Å². The van der Waals surface area contributed by atoms with E-state index in [-0.39, 0.29) is 5.54 Å². The highest BCUT2D eigenvalue weighted by Crippen LogP contribution is 2.45. The molecule has 0 amide bonds. The number of hydrogen-bond acceptors (Lipinski definition) is 2. The Bertz CT molecular complexity index is 424. The Hall–Kier alpha value is -0.540. The average Bonchev–Trinajstić information content (AvgIpc) is 2.26. The monoisotopic (exact) mass is 297 g/mol. The zero-order valence-corrected chi connectivity index (χ0v) is 12.3. The molecule has 0 atom stereocenters. The fourth-order valence-corrected chi connectivity index (χ4v) is 3.08. The van der Waals surface area contributed by atoms with Crippen LogP contribution in [0.25, 0.3) is 0 Å². The van der Waals surface area contributed by atoms with Gasteiger partial charge in [0.2, 0.25) is 0 Å². The van der Waals surface area contributed by atoms with Gasteiger partial charge < -0.3 is 10.5 Å². The van der Waals surface area contributed by atoms with Gasteiger partial charge in [-0.25, -0.2) is 0 Å². The second kappa shape index (κ2) is 4.62. The second-order valence-electron chi connectivity index (χ2n) is 5.25. The summed E-state index contributed by atoms with van der Waals surface area (Å²) in [5.41, 5.74) is 8.77. The highest BCUT2D eigenvalue weighted by atomic mass is 79.9. The van der Waals surface area contributed by atoms with E-state index in [4.69, 9.17) is 10.5 Å². The summed E-state index contributed by atoms with van der Waals surface area (Å²) in [5.74, 6) is 1.38. The molecule has 0 saturated heterocycles. The summed E-state index contributed by atoms with van der Waals surface area (Å²) in [5, 5.41) is 0. The van der Waals surface area contributed by atoms with Crippen LogP contribution in [0, 0.1) is 0 Å². The molecule has 94 valence electrons. The lowest BCUT2D eigenvalue weighted by Crippen LogP contribution is -2.43. The Morgan fingerprint density at radius 1 is 1.35 bits per heavy atom. The predicted octanol–water partition coefficient (Wildman–Crippen LogP) is 3.92. The van der Waals surface area contributed by atoms with Gasteiger partial charge >= 0.3 is 0 Å². The minimum atomic E-state index is -0.156. The van der Waals surface area contributed by atoms with Gasteiger partial charge in [0, 0.05) is 5.54 Å². The van der Waals surface area contributed by atoms with E-state index in [9.17, 15) is 0 Å². The van der Waals surface area contributed by atoms with Crippen molar-refractivity contribution in [3.05, 3.63) is 27.7 Å². The summed E-state index contributed by atoms with van der Waals surface area (Å²) in [7, 11) is 1.71. The smallest absolute Gasteiger partial charge is 0.133 e. The van der Waals surface area contributed by atoms with Crippen LogP contribution in [0.4, 0.5) is 0 Å². The number of halogens is 1. The van der Waals surface area contributed by atoms with E-state index in [0.29, 0.717) is 5.92 Å². The number of benzene rings is 1. The minimum Gasteiger partial charge on any atom is -0.496 e. The van der Waals surface area contributed by atoms with Gasteiger partial charge in [0.15, 0.2) is 0 Å². The number of methoxy groups -OCH3 is 1. The quantitative estimate of drug-likeness (QED) is 0.918. The van der Waals surface area contributed by atoms with E-state index in [2.05, 4.69) is 41.9 Å². The maximum Gasteiger partial charge on any atom is 0.133 e. The molecule has 1 aliphatic rings. The van der Waals surface area contributed by atoms with Gasteiger partial charge in [0.25, 0.3) is 0 Å². The molecule has 1 fully saturated rings. The highest BCUT2D eigenvalue weighted by Gasteiger charge is 2.37. The van der Waals surface area contributed by atoms with Crippen molar-refractivity contribution in [3.8, 4) is 5.75 Å². The molecule has 0 radical (unpaired) electrons. The minimum absolute atomic E-state index is 0.156. The Balaban J connectivity index is 2.53. The number of rotatable bonds is 3. The first kappa shape index (κ1) is 12.9. The third-order valence-corrected chi connectivity index (χ3v) is 4.55. The first-order valence-electron chi connectivity index (χ1n) is 6.15. The van der Waals surface area contributed by atoms with Crippen molar-refractivity contribution >= 4 is 15.9 Å². The molecule has 2 nitrogen and oxygen atoms in total. The Morgan fingerprint density at radius 3 is 2.41 bits per heavy atom. The van der Waals surface area contributed by atoms with Crippen LogP contribution >= 0.6 is 15.9 Å². The molecular formula is C14H20BrNO. The second-order valence-corrected chi connectivity index (χ2v) is 6.04.